The standard InChI is InChI=1S/C18H24N2O2/c1-4-13-22-17-10-6-5-9-16(17)14-19(3)15(2)18(21)20-11-7-8-12-20/h1,5-6,9-10,15H,7-8,11-14H2,2-3H3. The Balaban J connectivity index is 2.00. The zero-order chi connectivity index (χ0) is 15.9. The highest BCUT2D eigenvalue weighted by Crippen LogP contribution is 2.21. The van der Waals surface area contributed by atoms with Gasteiger partial charge in [0.2, 0.25) is 5.91 Å². The molecule has 0 radical (unpaired) electrons. The SMILES string of the molecule is C#CCOc1ccccc1CN(C)C(C)C(=O)N1CCCC1. The van der Waals surface area contributed by atoms with Crippen LogP contribution in [0.1, 0.15) is 25.3 Å². The summed E-state index contributed by atoms with van der Waals surface area (Å²) in [7, 11) is 1.97. The van der Waals surface area contributed by atoms with Crippen LogP contribution in [0.25, 0.3) is 0 Å². The van der Waals surface area contributed by atoms with Crippen molar-refractivity contribution in [2.45, 2.75) is 32.4 Å². The van der Waals surface area contributed by atoms with Crippen LogP contribution in [-0.2, 0) is 11.3 Å². The van der Waals surface area contributed by atoms with Crippen molar-refractivity contribution in [3.8, 4) is 18.1 Å². The minimum absolute atomic E-state index is 0.140. The fraction of sp³-hybridized carbons (Fsp3) is 0.500. The van der Waals surface area contributed by atoms with Gasteiger partial charge in [-0.15, -0.1) is 6.42 Å². The van der Waals surface area contributed by atoms with Crippen LogP contribution < -0.4 is 4.74 Å². The van der Waals surface area contributed by atoms with Gasteiger partial charge in [-0.25, -0.2) is 0 Å². The van der Waals surface area contributed by atoms with Gasteiger partial charge in [0, 0.05) is 25.2 Å². The van der Waals surface area contributed by atoms with Crippen molar-refractivity contribution in [2.75, 3.05) is 26.7 Å². The Labute approximate surface area is 133 Å². The van der Waals surface area contributed by atoms with Crippen molar-refractivity contribution in [1.29, 1.82) is 0 Å². The van der Waals surface area contributed by atoms with Gasteiger partial charge in [0.1, 0.15) is 12.4 Å². The molecule has 1 amide bonds. The molecule has 2 rings (SSSR count). The van der Waals surface area contributed by atoms with Crippen LogP contribution in [0.3, 0.4) is 0 Å². The topological polar surface area (TPSA) is 32.8 Å². The molecule has 1 fully saturated rings. The number of hydrogen-bond donors (Lipinski definition) is 0. The number of rotatable bonds is 6. The fourth-order valence-electron chi connectivity index (χ4n) is 2.69. The van der Waals surface area contributed by atoms with Crippen molar-refractivity contribution in [2.24, 2.45) is 0 Å². The van der Waals surface area contributed by atoms with E-state index in [2.05, 4.69) is 10.8 Å². The number of amides is 1. The van der Waals surface area contributed by atoms with Crippen molar-refractivity contribution >= 4 is 5.91 Å². The highest BCUT2D eigenvalue weighted by atomic mass is 16.5. The number of para-hydroxylation sites is 1. The average molecular weight is 300 g/mol. The van der Waals surface area contributed by atoms with Crippen molar-refractivity contribution in [1.82, 2.24) is 9.80 Å². The molecule has 1 aromatic carbocycles. The second-order valence-corrected chi connectivity index (χ2v) is 5.72. The molecule has 0 aromatic heterocycles. The normalized spacial score (nSPS) is 15.6. The largest absolute Gasteiger partial charge is 0.481 e. The summed E-state index contributed by atoms with van der Waals surface area (Å²) in [5.74, 6) is 3.47. The predicted molar refractivity (Wildman–Crippen MR) is 87.5 cm³/mol. The third kappa shape index (κ3) is 4.02. The number of likely N-dealkylation sites (tertiary alicyclic amines) is 1. The summed E-state index contributed by atoms with van der Waals surface area (Å²) < 4.78 is 5.57. The van der Waals surface area contributed by atoms with Crippen molar-refractivity contribution in [3.05, 3.63) is 29.8 Å². The summed E-state index contributed by atoms with van der Waals surface area (Å²) in [5.41, 5.74) is 1.04. The summed E-state index contributed by atoms with van der Waals surface area (Å²) in [6, 6.07) is 7.68. The van der Waals surface area contributed by atoms with Gasteiger partial charge >= 0.3 is 0 Å². The van der Waals surface area contributed by atoms with E-state index in [4.69, 9.17) is 11.2 Å². The molecule has 22 heavy (non-hydrogen) atoms. The van der Waals surface area contributed by atoms with Gasteiger partial charge in [-0.2, -0.15) is 0 Å². The van der Waals surface area contributed by atoms with Crippen LogP contribution in [0.15, 0.2) is 24.3 Å². The summed E-state index contributed by atoms with van der Waals surface area (Å²) in [5, 5.41) is 0. The van der Waals surface area contributed by atoms with E-state index in [1.165, 1.54) is 0 Å². The van der Waals surface area contributed by atoms with Crippen molar-refractivity contribution < 1.29 is 9.53 Å². The maximum atomic E-state index is 12.5. The number of carbonyl (C=O) groups is 1. The fourth-order valence-corrected chi connectivity index (χ4v) is 2.69. The Hall–Kier alpha value is -1.99. The van der Waals surface area contributed by atoms with Crippen LogP contribution in [0, 0.1) is 12.3 Å². The number of terminal acetylenes is 1. The monoisotopic (exact) mass is 300 g/mol. The van der Waals surface area contributed by atoms with E-state index in [9.17, 15) is 4.79 Å². The number of carbonyl (C=O) groups excluding carboxylic acids is 1. The Bertz CT molecular complexity index is 544. The number of ether oxygens (including phenoxy) is 1. The summed E-state index contributed by atoms with van der Waals surface area (Å²) >= 11 is 0. The third-order valence-corrected chi connectivity index (χ3v) is 4.14. The smallest absolute Gasteiger partial charge is 0.239 e. The predicted octanol–water partition coefficient (Wildman–Crippen LogP) is 2.14. The highest BCUT2D eigenvalue weighted by molar-refractivity contribution is 5.81. The molecule has 1 saturated heterocycles. The summed E-state index contributed by atoms with van der Waals surface area (Å²) in [6.45, 7) is 4.65. The lowest BCUT2D eigenvalue weighted by atomic mass is 10.1. The van der Waals surface area contributed by atoms with Crippen LogP contribution in [-0.4, -0.2) is 48.5 Å². The van der Waals surface area contributed by atoms with E-state index in [0.717, 1.165) is 37.2 Å². The lowest BCUT2D eigenvalue weighted by molar-refractivity contribution is -0.135. The number of likely N-dealkylation sites (N-methyl/N-ethyl adjacent to an activating group) is 1. The minimum Gasteiger partial charge on any atom is -0.481 e. The van der Waals surface area contributed by atoms with E-state index < -0.39 is 0 Å². The van der Waals surface area contributed by atoms with Gasteiger partial charge in [-0.05, 0) is 32.9 Å². The first-order valence-corrected chi connectivity index (χ1v) is 7.76. The molecule has 4 nitrogen and oxygen atoms in total. The van der Waals surface area contributed by atoms with E-state index in [1.807, 2.05) is 43.1 Å². The number of benzene rings is 1. The highest BCUT2D eigenvalue weighted by Gasteiger charge is 2.26. The quantitative estimate of drug-likeness (QED) is 0.755. The molecule has 0 N–H and O–H groups in total. The molecule has 1 atom stereocenters. The molecule has 1 heterocycles. The molecule has 1 aliphatic rings. The van der Waals surface area contributed by atoms with Crippen LogP contribution in [0.5, 0.6) is 5.75 Å². The summed E-state index contributed by atoms with van der Waals surface area (Å²) in [4.78, 5) is 16.5. The Morgan fingerprint density at radius 3 is 2.77 bits per heavy atom. The maximum absolute atomic E-state index is 12.5. The molecular weight excluding hydrogens is 276 g/mol. The van der Waals surface area contributed by atoms with E-state index in [0.29, 0.717) is 6.54 Å². The van der Waals surface area contributed by atoms with E-state index in [1.54, 1.807) is 0 Å². The zero-order valence-corrected chi connectivity index (χ0v) is 13.4. The molecule has 1 unspecified atom stereocenters. The first-order chi connectivity index (χ1) is 10.6. The summed E-state index contributed by atoms with van der Waals surface area (Å²) in [6.07, 6.45) is 7.48. The molecular formula is C18H24N2O2. The molecule has 0 bridgehead atoms. The minimum atomic E-state index is -0.140. The van der Waals surface area contributed by atoms with Crippen molar-refractivity contribution in [3.63, 3.8) is 0 Å². The Morgan fingerprint density at radius 2 is 2.09 bits per heavy atom. The maximum Gasteiger partial charge on any atom is 0.239 e. The number of hydrogen-bond acceptors (Lipinski definition) is 3. The molecule has 118 valence electrons. The molecule has 4 heteroatoms. The van der Waals surface area contributed by atoms with Crippen LogP contribution in [0.2, 0.25) is 0 Å². The van der Waals surface area contributed by atoms with Gasteiger partial charge in [0.25, 0.3) is 0 Å². The van der Waals surface area contributed by atoms with Crippen LogP contribution >= 0.6 is 0 Å². The van der Waals surface area contributed by atoms with Crippen LogP contribution in [0.4, 0.5) is 0 Å². The van der Waals surface area contributed by atoms with E-state index in [-0.39, 0.29) is 18.6 Å². The first-order valence-electron chi connectivity index (χ1n) is 7.76. The molecule has 0 saturated carbocycles. The zero-order valence-electron chi connectivity index (χ0n) is 13.4. The molecule has 0 aliphatic carbocycles. The third-order valence-electron chi connectivity index (χ3n) is 4.14. The lowest BCUT2D eigenvalue weighted by Crippen LogP contribution is -2.44. The molecule has 1 aromatic rings. The van der Waals surface area contributed by atoms with Gasteiger partial charge in [0.05, 0.1) is 6.04 Å². The van der Waals surface area contributed by atoms with Gasteiger partial charge in [-0.3, -0.25) is 9.69 Å². The first kappa shape index (κ1) is 16.4. The van der Waals surface area contributed by atoms with E-state index >= 15 is 0 Å². The molecule has 0 spiro atoms. The molecule has 1 aliphatic heterocycles. The average Bonchev–Trinajstić information content (AvgIpc) is 3.07. The lowest BCUT2D eigenvalue weighted by Gasteiger charge is -2.28. The second kappa shape index (κ2) is 7.86. The van der Waals surface area contributed by atoms with Gasteiger partial charge in [0.15, 0.2) is 0 Å². The second-order valence-electron chi connectivity index (χ2n) is 5.72. The Kier molecular flexibility index (Phi) is 5.85. The Morgan fingerprint density at radius 1 is 1.41 bits per heavy atom. The number of nitrogens with zero attached hydrogens (tertiary/aromatic N) is 2. The van der Waals surface area contributed by atoms with Gasteiger partial charge in [-0.1, -0.05) is 24.1 Å². The van der Waals surface area contributed by atoms with Gasteiger partial charge < -0.3 is 9.64 Å².